The van der Waals surface area contributed by atoms with Crippen molar-refractivity contribution in [1.82, 2.24) is 0 Å². The van der Waals surface area contributed by atoms with Gasteiger partial charge in [0.05, 0.1) is 13.0 Å². The Morgan fingerprint density at radius 2 is 2.08 bits per heavy atom. The fourth-order valence-electron chi connectivity index (χ4n) is 1.10. The van der Waals surface area contributed by atoms with Crippen LogP contribution >= 0.6 is 12.4 Å². The molecule has 0 saturated heterocycles. The minimum atomic E-state index is -4.40. The van der Waals surface area contributed by atoms with Gasteiger partial charge in [0.25, 0.3) is 0 Å². The summed E-state index contributed by atoms with van der Waals surface area (Å²) in [6, 6.07) is 0. The number of esters is 1. The normalized spacial score (nSPS) is 31.9. The molecule has 1 aliphatic carbocycles. The summed E-state index contributed by atoms with van der Waals surface area (Å²) in [6.45, 7) is 0. The highest BCUT2D eigenvalue weighted by molar-refractivity contribution is 5.85. The SMILES string of the molecule is COC(=O)C1(N)CC1C(F)(F)F.Cl. The van der Waals surface area contributed by atoms with Crippen molar-refractivity contribution in [2.45, 2.75) is 18.1 Å². The van der Waals surface area contributed by atoms with Crippen molar-refractivity contribution < 1.29 is 22.7 Å². The lowest BCUT2D eigenvalue weighted by atomic mass is 10.2. The molecule has 0 bridgehead atoms. The zero-order valence-electron chi connectivity index (χ0n) is 6.72. The molecule has 78 valence electrons. The molecule has 0 aromatic heterocycles. The maximum absolute atomic E-state index is 11.9. The number of nitrogens with two attached hydrogens (primary N) is 1. The van der Waals surface area contributed by atoms with E-state index in [2.05, 4.69) is 4.74 Å². The van der Waals surface area contributed by atoms with Gasteiger partial charge in [-0.15, -0.1) is 12.4 Å². The third-order valence-corrected chi connectivity index (χ3v) is 1.96. The fraction of sp³-hybridized carbons (Fsp3) is 0.833. The standard InChI is InChI=1S/C6H8F3NO2.ClH/c1-12-4(11)5(10)2-3(5)6(7,8)9;/h3H,2,10H2,1H3;1H. The van der Waals surface area contributed by atoms with E-state index in [4.69, 9.17) is 5.73 Å². The van der Waals surface area contributed by atoms with Gasteiger partial charge in [-0.3, -0.25) is 4.79 Å². The summed E-state index contributed by atoms with van der Waals surface area (Å²) in [5, 5.41) is 0. The summed E-state index contributed by atoms with van der Waals surface area (Å²) < 4.78 is 40.0. The summed E-state index contributed by atoms with van der Waals surface area (Å²) in [5.74, 6) is -2.73. The number of hydrogen-bond donors (Lipinski definition) is 1. The highest BCUT2D eigenvalue weighted by Crippen LogP contribution is 2.52. The van der Waals surface area contributed by atoms with Crippen LogP contribution in [0.5, 0.6) is 0 Å². The first-order valence-corrected chi connectivity index (χ1v) is 3.26. The van der Waals surface area contributed by atoms with Gasteiger partial charge in [0.2, 0.25) is 0 Å². The average molecular weight is 220 g/mol. The Bertz CT molecular complexity index is 220. The van der Waals surface area contributed by atoms with E-state index in [1.807, 2.05) is 0 Å². The van der Waals surface area contributed by atoms with Crippen molar-refractivity contribution >= 4 is 18.4 Å². The third-order valence-electron chi connectivity index (χ3n) is 1.96. The lowest BCUT2D eigenvalue weighted by Gasteiger charge is -2.10. The first-order valence-electron chi connectivity index (χ1n) is 3.26. The third kappa shape index (κ3) is 2.05. The number of halogens is 4. The van der Waals surface area contributed by atoms with Gasteiger partial charge in [-0.1, -0.05) is 0 Å². The number of hydrogen-bond acceptors (Lipinski definition) is 3. The van der Waals surface area contributed by atoms with Gasteiger partial charge in [-0.2, -0.15) is 13.2 Å². The Hall–Kier alpha value is -0.490. The van der Waals surface area contributed by atoms with Crippen LogP contribution in [0, 0.1) is 5.92 Å². The monoisotopic (exact) mass is 219 g/mol. The van der Waals surface area contributed by atoms with Gasteiger partial charge in [0.1, 0.15) is 5.54 Å². The van der Waals surface area contributed by atoms with Crippen molar-refractivity contribution in [3.8, 4) is 0 Å². The van der Waals surface area contributed by atoms with Crippen LogP contribution in [-0.2, 0) is 9.53 Å². The minimum absolute atomic E-state index is 0. The molecule has 0 radical (unpaired) electrons. The van der Waals surface area contributed by atoms with Gasteiger partial charge in [-0.05, 0) is 6.42 Å². The smallest absolute Gasteiger partial charge is 0.394 e. The molecule has 3 nitrogen and oxygen atoms in total. The van der Waals surface area contributed by atoms with Crippen molar-refractivity contribution in [3.05, 3.63) is 0 Å². The molecule has 0 amide bonds. The van der Waals surface area contributed by atoms with Crippen LogP contribution in [0.1, 0.15) is 6.42 Å². The molecular formula is C6H9ClF3NO2. The lowest BCUT2D eigenvalue weighted by molar-refractivity contribution is -0.163. The molecule has 1 saturated carbocycles. The van der Waals surface area contributed by atoms with Crippen LogP contribution in [0.15, 0.2) is 0 Å². The Morgan fingerprint density at radius 3 is 2.31 bits per heavy atom. The summed E-state index contributed by atoms with van der Waals surface area (Å²) in [7, 11) is 1.02. The highest BCUT2D eigenvalue weighted by atomic mass is 35.5. The molecule has 0 aliphatic heterocycles. The Labute approximate surface area is 78.8 Å². The van der Waals surface area contributed by atoms with E-state index in [1.54, 1.807) is 0 Å². The van der Waals surface area contributed by atoms with Crippen LogP contribution in [0.25, 0.3) is 0 Å². The summed E-state index contributed by atoms with van der Waals surface area (Å²) >= 11 is 0. The molecular weight excluding hydrogens is 211 g/mol. The van der Waals surface area contributed by atoms with Gasteiger partial charge >= 0.3 is 12.1 Å². The van der Waals surface area contributed by atoms with Crippen molar-refractivity contribution in [1.29, 1.82) is 0 Å². The molecule has 7 heteroatoms. The molecule has 2 unspecified atom stereocenters. The van der Waals surface area contributed by atoms with E-state index in [0.29, 0.717) is 0 Å². The van der Waals surface area contributed by atoms with E-state index < -0.39 is 23.6 Å². The second-order valence-corrected chi connectivity index (χ2v) is 2.83. The summed E-state index contributed by atoms with van der Waals surface area (Å²) in [6.07, 6.45) is -4.77. The van der Waals surface area contributed by atoms with E-state index in [-0.39, 0.29) is 18.8 Å². The predicted molar refractivity (Wildman–Crippen MR) is 40.3 cm³/mol. The van der Waals surface area contributed by atoms with Crippen LogP contribution in [0.2, 0.25) is 0 Å². The van der Waals surface area contributed by atoms with Gasteiger partial charge in [0, 0.05) is 0 Å². The molecule has 1 fully saturated rings. The van der Waals surface area contributed by atoms with Crippen LogP contribution in [0.4, 0.5) is 13.2 Å². The van der Waals surface area contributed by atoms with E-state index in [1.165, 1.54) is 0 Å². The lowest BCUT2D eigenvalue weighted by Crippen LogP contribution is -2.39. The fourth-order valence-corrected chi connectivity index (χ4v) is 1.10. The summed E-state index contributed by atoms with van der Waals surface area (Å²) in [5.41, 5.74) is 3.31. The molecule has 0 spiro atoms. The zero-order valence-corrected chi connectivity index (χ0v) is 7.54. The largest absolute Gasteiger partial charge is 0.468 e. The molecule has 0 aromatic carbocycles. The van der Waals surface area contributed by atoms with E-state index >= 15 is 0 Å². The molecule has 2 N–H and O–H groups in total. The Balaban J connectivity index is 0.00000144. The molecule has 1 aliphatic rings. The second-order valence-electron chi connectivity index (χ2n) is 2.83. The molecule has 0 heterocycles. The number of ether oxygens (including phenoxy) is 1. The van der Waals surface area contributed by atoms with Crippen molar-refractivity contribution in [3.63, 3.8) is 0 Å². The van der Waals surface area contributed by atoms with Crippen LogP contribution in [-0.4, -0.2) is 24.8 Å². The quantitative estimate of drug-likeness (QED) is 0.666. The van der Waals surface area contributed by atoms with Crippen molar-refractivity contribution in [2.24, 2.45) is 11.7 Å². The van der Waals surface area contributed by atoms with Crippen LogP contribution < -0.4 is 5.73 Å². The molecule has 2 atom stereocenters. The van der Waals surface area contributed by atoms with E-state index in [0.717, 1.165) is 7.11 Å². The molecule has 0 aromatic rings. The first kappa shape index (κ1) is 12.5. The topological polar surface area (TPSA) is 52.3 Å². The highest BCUT2D eigenvalue weighted by Gasteiger charge is 2.69. The number of methoxy groups -OCH3 is 1. The number of rotatable bonds is 1. The van der Waals surface area contributed by atoms with E-state index in [9.17, 15) is 18.0 Å². The average Bonchev–Trinajstić information content (AvgIpc) is 2.61. The van der Waals surface area contributed by atoms with Gasteiger partial charge in [0.15, 0.2) is 0 Å². The Kier molecular flexibility index (Phi) is 3.21. The van der Waals surface area contributed by atoms with Crippen molar-refractivity contribution in [2.75, 3.05) is 7.11 Å². The first-order chi connectivity index (χ1) is 5.32. The molecule has 1 rings (SSSR count). The Morgan fingerprint density at radius 1 is 1.62 bits per heavy atom. The van der Waals surface area contributed by atoms with Gasteiger partial charge < -0.3 is 10.5 Å². The number of carbonyl (C=O) groups is 1. The van der Waals surface area contributed by atoms with Gasteiger partial charge in [-0.25, -0.2) is 0 Å². The predicted octanol–water partition coefficient (Wildman–Crippen LogP) is 0.861. The maximum Gasteiger partial charge on any atom is 0.394 e. The summed E-state index contributed by atoms with van der Waals surface area (Å²) in [4.78, 5) is 10.7. The minimum Gasteiger partial charge on any atom is -0.468 e. The second kappa shape index (κ2) is 3.34. The number of carbonyl (C=O) groups excluding carboxylic acids is 1. The maximum atomic E-state index is 11.9. The zero-order chi connectivity index (χ0) is 9.57. The van der Waals surface area contributed by atoms with Crippen LogP contribution in [0.3, 0.4) is 0 Å². The molecule has 13 heavy (non-hydrogen) atoms. The number of alkyl halides is 3.